The van der Waals surface area contributed by atoms with E-state index in [1.807, 2.05) is 38.7 Å². The van der Waals surface area contributed by atoms with Crippen molar-refractivity contribution in [2.24, 2.45) is 0 Å². The summed E-state index contributed by atoms with van der Waals surface area (Å²) in [7, 11) is 0. The molecular weight excluding hydrogens is 384 g/mol. The van der Waals surface area contributed by atoms with E-state index in [1.54, 1.807) is 11.3 Å². The van der Waals surface area contributed by atoms with Crippen molar-refractivity contribution in [2.75, 3.05) is 32.7 Å². The summed E-state index contributed by atoms with van der Waals surface area (Å²) in [5.74, 6) is 0.577. The first-order valence-electron chi connectivity index (χ1n) is 10.5. The second kappa shape index (κ2) is 9.22. The number of para-hydroxylation sites is 1. The Morgan fingerprint density at radius 1 is 1.21 bits per heavy atom. The zero-order valence-electron chi connectivity index (χ0n) is 18.0. The van der Waals surface area contributed by atoms with Crippen LogP contribution in [-0.2, 0) is 9.59 Å². The number of thiazole rings is 1. The second-order valence-electron chi connectivity index (χ2n) is 8.93. The lowest BCUT2D eigenvalue weighted by Crippen LogP contribution is -3.14. The van der Waals surface area contributed by atoms with E-state index in [0.29, 0.717) is 19.0 Å². The molecule has 2 aromatic rings. The van der Waals surface area contributed by atoms with Crippen LogP contribution in [0, 0.1) is 0 Å². The van der Waals surface area contributed by atoms with E-state index in [9.17, 15) is 9.59 Å². The van der Waals surface area contributed by atoms with E-state index < -0.39 is 0 Å². The Kier molecular flexibility index (Phi) is 6.90. The summed E-state index contributed by atoms with van der Waals surface area (Å²) in [4.78, 5) is 32.7. The molecule has 2 heterocycles. The highest BCUT2D eigenvalue weighted by atomic mass is 32.1. The first-order chi connectivity index (χ1) is 13.7. The highest BCUT2D eigenvalue weighted by Gasteiger charge is 2.28. The molecule has 2 amide bonds. The minimum Gasteiger partial charge on any atom is -0.347 e. The number of fused-ring (bicyclic) bond motifs is 1. The molecule has 1 atom stereocenters. The minimum absolute atomic E-state index is 0.00306. The van der Waals surface area contributed by atoms with Crippen LogP contribution in [-0.4, -0.2) is 60.0 Å². The zero-order chi connectivity index (χ0) is 21.0. The van der Waals surface area contributed by atoms with Crippen LogP contribution in [0.2, 0.25) is 0 Å². The molecule has 1 saturated heterocycles. The lowest BCUT2D eigenvalue weighted by Gasteiger charge is -2.32. The quantitative estimate of drug-likeness (QED) is 0.754. The number of likely N-dealkylation sites (tertiary alicyclic amines) is 1. The van der Waals surface area contributed by atoms with E-state index in [1.165, 1.54) is 9.71 Å². The predicted molar refractivity (Wildman–Crippen MR) is 117 cm³/mol. The molecular formula is C22H33N4O2S+. The highest BCUT2D eigenvalue weighted by molar-refractivity contribution is 7.18. The highest BCUT2D eigenvalue weighted by Crippen LogP contribution is 2.33. The van der Waals surface area contributed by atoms with Crippen molar-refractivity contribution in [3.05, 3.63) is 29.3 Å². The number of nitrogens with zero attached hydrogens (tertiary/aromatic N) is 2. The number of hydrogen-bond donors (Lipinski definition) is 2. The normalized spacial score (nSPS) is 16.8. The van der Waals surface area contributed by atoms with Crippen molar-refractivity contribution < 1.29 is 14.5 Å². The average molecular weight is 418 g/mol. The van der Waals surface area contributed by atoms with Gasteiger partial charge in [-0.1, -0.05) is 12.1 Å². The van der Waals surface area contributed by atoms with E-state index in [2.05, 4.69) is 23.5 Å². The standard InChI is InChI=1S/C22H32N4O2S/c1-5-25(14-19(27)24-22(2,3)4)15-20(28)26-12-10-16(11-13-26)21-23-17-8-6-7-9-18(17)29-21/h6-9,16H,5,10-15H2,1-4H3,(H,24,27)/p+1. The van der Waals surface area contributed by atoms with Gasteiger partial charge in [0.1, 0.15) is 0 Å². The fourth-order valence-corrected chi connectivity index (χ4v) is 4.90. The fourth-order valence-electron chi connectivity index (χ4n) is 3.77. The number of likely N-dealkylation sites (N-methyl/N-ethyl adjacent to an activating group) is 1. The van der Waals surface area contributed by atoms with E-state index >= 15 is 0 Å². The van der Waals surface area contributed by atoms with Gasteiger partial charge in [-0.15, -0.1) is 11.3 Å². The molecule has 0 aliphatic carbocycles. The molecule has 1 aliphatic heterocycles. The summed E-state index contributed by atoms with van der Waals surface area (Å²) >= 11 is 1.78. The minimum atomic E-state index is -0.248. The maximum atomic E-state index is 12.8. The van der Waals surface area contributed by atoms with Gasteiger partial charge < -0.3 is 15.1 Å². The molecule has 0 spiro atoms. The molecule has 0 saturated carbocycles. The van der Waals surface area contributed by atoms with Crippen LogP contribution in [0.25, 0.3) is 10.2 Å². The van der Waals surface area contributed by atoms with Crippen molar-refractivity contribution in [3.63, 3.8) is 0 Å². The predicted octanol–water partition coefficient (Wildman–Crippen LogP) is 1.82. The van der Waals surface area contributed by atoms with Gasteiger partial charge in [0.15, 0.2) is 13.1 Å². The number of amides is 2. The maximum Gasteiger partial charge on any atom is 0.277 e. The number of piperidine rings is 1. The molecule has 158 valence electrons. The van der Waals surface area contributed by atoms with Gasteiger partial charge >= 0.3 is 0 Å². The number of benzene rings is 1. The molecule has 1 fully saturated rings. The Bertz CT molecular complexity index is 817. The molecule has 29 heavy (non-hydrogen) atoms. The fraction of sp³-hybridized carbons (Fsp3) is 0.591. The van der Waals surface area contributed by atoms with Crippen LogP contribution in [0.1, 0.15) is 51.5 Å². The lowest BCUT2D eigenvalue weighted by atomic mass is 9.97. The summed E-state index contributed by atoms with van der Waals surface area (Å²) in [6.07, 6.45) is 1.91. The van der Waals surface area contributed by atoms with Gasteiger partial charge in [-0.25, -0.2) is 4.98 Å². The number of nitrogens with one attached hydrogen (secondary N) is 2. The lowest BCUT2D eigenvalue weighted by molar-refractivity contribution is -0.882. The third-order valence-electron chi connectivity index (χ3n) is 5.33. The SMILES string of the molecule is CC[NH+](CC(=O)NC(C)(C)C)CC(=O)N1CCC(c2nc3ccccc3s2)CC1. The molecule has 0 radical (unpaired) electrons. The molecule has 1 aromatic heterocycles. The number of rotatable bonds is 6. The van der Waals surface area contributed by atoms with Gasteiger partial charge in [-0.05, 0) is 52.7 Å². The Hall–Kier alpha value is -1.99. The number of hydrogen-bond acceptors (Lipinski definition) is 4. The van der Waals surface area contributed by atoms with Gasteiger partial charge in [-0.3, -0.25) is 9.59 Å². The van der Waals surface area contributed by atoms with Crippen LogP contribution >= 0.6 is 11.3 Å². The molecule has 1 unspecified atom stereocenters. The van der Waals surface area contributed by atoms with Crippen molar-refractivity contribution in [2.45, 2.75) is 52.0 Å². The Labute approximate surface area is 177 Å². The third kappa shape index (κ3) is 6.00. The van der Waals surface area contributed by atoms with Gasteiger partial charge in [-0.2, -0.15) is 0 Å². The van der Waals surface area contributed by atoms with Crippen molar-refractivity contribution in [1.29, 1.82) is 0 Å². The molecule has 0 bridgehead atoms. The van der Waals surface area contributed by atoms with Gasteiger partial charge in [0.2, 0.25) is 0 Å². The number of aromatic nitrogens is 1. The third-order valence-corrected chi connectivity index (χ3v) is 6.53. The van der Waals surface area contributed by atoms with Crippen LogP contribution in [0.5, 0.6) is 0 Å². The van der Waals surface area contributed by atoms with Crippen molar-refractivity contribution in [3.8, 4) is 0 Å². The number of carbonyl (C=O) groups excluding carboxylic acids is 2. The molecule has 7 heteroatoms. The van der Waals surface area contributed by atoms with Crippen molar-refractivity contribution >= 4 is 33.4 Å². The molecule has 1 aliphatic rings. The average Bonchev–Trinajstić information content (AvgIpc) is 3.10. The van der Waals surface area contributed by atoms with Gasteiger partial charge in [0, 0.05) is 24.5 Å². The smallest absolute Gasteiger partial charge is 0.277 e. The zero-order valence-corrected chi connectivity index (χ0v) is 18.8. The molecule has 6 nitrogen and oxygen atoms in total. The van der Waals surface area contributed by atoms with Crippen LogP contribution in [0.4, 0.5) is 0 Å². The van der Waals surface area contributed by atoms with Gasteiger partial charge in [0.05, 0.1) is 21.8 Å². The summed E-state index contributed by atoms with van der Waals surface area (Å²) in [5.41, 5.74) is 0.823. The summed E-state index contributed by atoms with van der Waals surface area (Å²) in [5, 5.41) is 4.17. The van der Waals surface area contributed by atoms with E-state index in [4.69, 9.17) is 4.98 Å². The first-order valence-corrected chi connectivity index (χ1v) is 11.3. The van der Waals surface area contributed by atoms with Crippen molar-refractivity contribution in [1.82, 2.24) is 15.2 Å². The second-order valence-corrected chi connectivity index (χ2v) is 9.99. The largest absolute Gasteiger partial charge is 0.347 e. The Morgan fingerprint density at radius 2 is 1.90 bits per heavy atom. The van der Waals surface area contributed by atoms with Crippen LogP contribution in [0.3, 0.4) is 0 Å². The monoisotopic (exact) mass is 417 g/mol. The number of quaternary nitrogens is 1. The van der Waals surface area contributed by atoms with Crippen LogP contribution in [0.15, 0.2) is 24.3 Å². The van der Waals surface area contributed by atoms with Crippen LogP contribution < -0.4 is 10.2 Å². The molecule has 2 N–H and O–H groups in total. The Morgan fingerprint density at radius 3 is 2.52 bits per heavy atom. The summed E-state index contributed by atoms with van der Waals surface area (Å²) < 4.78 is 1.23. The maximum absolute atomic E-state index is 12.8. The van der Waals surface area contributed by atoms with E-state index in [0.717, 1.165) is 42.9 Å². The Balaban J connectivity index is 1.50. The van der Waals surface area contributed by atoms with Gasteiger partial charge in [0.25, 0.3) is 11.8 Å². The summed E-state index contributed by atoms with van der Waals surface area (Å²) in [6.45, 7) is 10.9. The molecule has 3 rings (SSSR count). The molecule has 1 aromatic carbocycles. The summed E-state index contributed by atoms with van der Waals surface area (Å²) in [6, 6.07) is 8.25. The first kappa shape index (κ1) is 21.7. The number of carbonyl (C=O) groups is 2. The van der Waals surface area contributed by atoms with E-state index in [-0.39, 0.29) is 17.4 Å². The topological polar surface area (TPSA) is 66.7 Å².